The van der Waals surface area contributed by atoms with Crippen molar-refractivity contribution in [3.8, 4) is 0 Å². The second-order valence-corrected chi connectivity index (χ2v) is 5.77. The summed E-state index contributed by atoms with van der Waals surface area (Å²) < 4.78 is 23.5. The third kappa shape index (κ3) is 1.44. The molecule has 1 heterocycles. The maximum atomic E-state index is 11.4. The summed E-state index contributed by atoms with van der Waals surface area (Å²) in [6.45, 7) is 0. The van der Waals surface area contributed by atoms with Crippen LogP contribution in [0, 0.1) is 0 Å². The SMILES string of the molecule is CS(=O)(=O)c1[nH]nc2cccc(Br)c12. The van der Waals surface area contributed by atoms with Gasteiger partial charge in [-0.25, -0.2) is 8.42 Å². The zero-order chi connectivity index (χ0) is 10.3. The maximum Gasteiger partial charge on any atom is 0.192 e. The van der Waals surface area contributed by atoms with Gasteiger partial charge in [0.2, 0.25) is 0 Å². The van der Waals surface area contributed by atoms with Crippen LogP contribution in [0.3, 0.4) is 0 Å². The van der Waals surface area contributed by atoms with Crippen LogP contribution in [0.4, 0.5) is 0 Å². The van der Waals surface area contributed by atoms with Gasteiger partial charge in [-0.15, -0.1) is 0 Å². The van der Waals surface area contributed by atoms with Gasteiger partial charge in [0, 0.05) is 10.7 Å². The molecule has 6 heteroatoms. The van der Waals surface area contributed by atoms with Crippen LogP contribution in [0.25, 0.3) is 10.9 Å². The van der Waals surface area contributed by atoms with Crippen molar-refractivity contribution in [1.29, 1.82) is 0 Å². The van der Waals surface area contributed by atoms with Crippen LogP contribution >= 0.6 is 15.9 Å². The van der Waals surface area contributed by atoms with Crippen LogP contribution < -0.4 is 0 Å². The summed E-state index contributed by atoms with van der Waals surface area (Å²) in [4.78, 5) is 0. The third-order valence-corrected chi connectivity index (χ3v) is 3.57. The Morgan fingerprint density at radius 3 is 2.79 bits per heavy atom. The van der Waals surface area contributed by atoms with Gasteiger partial charge in [-0.3, -0.25) is 5.10 Å². The lowest BCUT2D eigenvalue weighted by Gasteiger charge is -1.96. The van der Waals surface area contributed by atoms with Gasteiger partial charge in [0.05, 0.1) is 10.9 Å². The molecular weight excluding hydrogens is 268 g/mol. The number of nitrogens with zero attached hydrogens (tertiary/aromatic N) is 1. The van der Waals surface area contributed by atoms with Crippen molar-refractivity contribution in [2.24, 2.45) is 0 Å². The number of rotatable bonds is 1. The van der Waals surface area contributed by atoms with Crippen molar-refractivity contribution in [3.63, 3.8) is 0 Å². The molecule has 0 aliphatic rings. The molecule has 14 heavy (non-hydrogen) atoms. The lowest BCUT2D eigenvalue weighted by molar-refractivity contribution is 0.598. The monoisotopic (exact) mass is 274 g/mol. The van der Waals surface area contributed by atoms with Gasteiger partial charge in [0.25, 0.3) is 0 Å². The van der Waals surface area contributed by atoms with E-state index in [1.165, 1.54) is 0 Å². The lowest BCUT2D eigenvalue weighted by atomic mass is 10.3. The number of fused-ring (bicyclic) bond motifs is 1. The first-order valence-electron chi connectivity index (χ1n) is 3.83. The Balaban J connectivity index is 2.94. The van der Waals surface area contributed by atoms with E-state index >= 15 is 0 Å². The van der Waals surface area contributed by atoms with Crippen LogP contribution in [-0.2, 0) is 9.84 Å². The predicted octanol–water partition coefficient (Wildman–Crippen LogP) is 1.73. The van der Waals surface area contributed by atoms with Gasteiger partial charge in [-0.2, -0.15) is 5.10 Å². The number of halogens is 1. The standard InChI is InChI=1S/C8H7BrN2O2S/c1-14(12,13)8-7-5(9)3-2-4-6(7)10-11-8/h2-4H,1H3,(H,10,11). The summed E-state index contributed by atoms with van der Waals surface area (Å²) in [6, 6.07) is 5.34. The van der Waals surface area contributed by atoms with Gasteiger partial charge < -0.3 is 0 Å². The van der Waals surface area contributed by atoms with Crippen molar-refractivity contribution in [1.82, 2.24) is 10.2 Å². The van der Waals surface area contributed by atoms with Crippen LogP contribution in [0.15, 0.2) is 27.7 Å². The van der Waals surface area contributed by atoms with Crippen LogP contribution in [0.1, 0.15) is 0 Å². The van der Waals surface area contributed by atoms with Gasteiger partial charge in [0.15, 0.2) is 14.9 Å². The zero-order valence-corrected chi connectivity index (χ0v) is 9.68. The van der Waals surface area contributed by atoms with Gasteiger partial charge >= 0.3 is 0 Å². The maximum absolute atomic E-state index is 11.4. The second kappa shape index (κ2) is 3.06. The Morgan fingerprint density at radius 2 is 2.14 bits per heavy atom. The molecule has 0 amide bonds. The first kappa shape index (κ1) is 9.67. The van der Waals surface area contributed by atoms with Gasteiger partial charge in [0.1, 0.15) is 0 Å². The Kier molecular flexibility index (Phi) is 2.11. The predicted molar refractivity (Wildman–Crippen MR) is 56.9 cm³/mol. The third-order valence-electron chi connectivity index (χ3n) is 1.87. The number of nitrogens with one attached hydrogen (secondary N) is 1. The quantitative estimate of drug-likeness (QED) is 0.862. The van der Waals surface area contributed by atoms with E-state index in [0.29, 0.717) is 10.9 Å². The second-order valence-electron chi connectivity index (χ2n) is 2.96. The molecule has 0 fully saturated rings. The number of sulfone groups is 1. The van der Waals surface area contributed by atoms with Crippen molar-refractivity contribution in [2.75, 3.05) is 6.26 Å². The van der Waals surface area contributed by atoms with E-state index in [9.17, 15) is 8.42 Å². The van der Waals surface area contributed by atoms with Crippen LogP contribution in [-0.4, -0.2) is 24.9 Å². The van der Waals surface area contributed by atoms with E-state index in [2.05, 4.69) is 26.1 Å². The fourth-order valence-electron chi connectivity index (χ4n) is 1.27. The van der Waals surface area contributed by atoms with Crippen LogP contribution in [0.5, 0.6) is 0 Å². The first-order chi connectivity index (χ1) is 6.50. The minimum atomic E-state index is -3.26. The molecule has 1 N–H and O–H groups in total. The molecule has 0 unspecified atom stereocenters. The topological polar surface area (TPSA) is 62.8 Å². The van der Waals surface area contributed by atoms with E-state index in [1.54, 1.807) is 18.2 Å². The number of aromatic nitrogens is 2. The Hall–Kier alpha value is -0.880. The molecule has 2 aromatic rings. The molecule has 0 radical (unpaired) electrons. The van der Waals surface area contributed by atoms with Crippen molar-refractivity contribution >= 4 is 36.7 Å². The van der Waals surface area contributed by atoms with Crippen molar-refractivity contribution in [3.05, 3.63) is 22.7 Å². The molecule has 0 aliphatic carbocycles. The van der Waals surface area contributed by atoms with Crippen molar-refractivity contribution < 1.29 is 8.42 Å². The van der Waals surface area contributed by atoms with E-state index in [-0.39, 0.29) is 5.03 Å². The fraction of sp³-hybridized carbons (Fsp3) is 0.125. The Bertz CT molecular complexity index is 588. The normalized spacial score (nSPS) is 12.1. The molecule has 74 valence electrons. The first-order valence-corrected chi connectivity index (χ1v) is 6.51. The van der Waals surface area contributed by atoms with Gasteiger partial charge in [-0.05, 0) is 28.1 Å². The van der Waals surface area contributed by atoms with E-state index in [4.69, 9.17) is 0 Å². The average molecular weight is 275 g/mol. The largest absolute Gasteiger partial charge is 0.266 e. The van der Waals surface area contributed by atoms with Crippen molar-refractivity contribution in [2.45, 2.75) is 5.03 Å². The summed E-state index contributed by atoms with van der Waals surface area (Å²) in [6.07, 6.45) is 1.15. The highest BCUT2D eigenvalue weighted by molar-refractivity contribution is 9.10. The molecule has 0 saturated carbocycles. The molecule has 2 rings (SSSR count). The highest BCUT2D eigenvalue weighted by Gasteiger charge is 2.16. The summed E-state index contributed by atoms with van der Waals surface area (Å²) in [7, 11) is -3.26. The Labute approximate surface area is 89.4 Å². The minimum Gasteiger partial charge on any atom is -0.266 e. The molecule has 0 saturated heterocycles. The molecule has 4 nitrogen and oxygen atoms in total. The smallest absolute Gasteiger partial charge is 0.192 e. The molecule has 1 aromatic carbocycles. The fourth-order valence-corrected chi connectivity index (χ4v) is 2.75. The molecule has 0 spiro atoms. The summed E-state index contributed by atoms with van der Waals surface area (Å²) in [5.41, 5.74) is 0.639. The molecule has 0 aliphatic heterocycles. The number of hydrogen-bond donors (Lipinski definition) is 1. The molecule has 0 bridgehead atoms. The number of aromatic amines is 1. The van der Waals surface area contributed by atoms with Crippen LogP contribution in [0.2, 0.25) is 0 Å². The number of H-pyrrole nitrogens is 1. The van der Waals surface area contributed by atoms with E-state index in [0.717, 1.165) is 10.7 Å². The highest BCUT2D eigenvalue weighted by Crippen LogP contribution is 2.27. The summed E-state index contributed by atoms with van der Waals surface area (Å²) >= 11 is 3.29. The summed E-state index contributed by atoms with van der Waals surface area (Å²) in [5.74, 6) is 0. The van der Waals surface area contributed by atoms with E-state index < -0.39 is 9.84 Å². The van der Waals surface area contributed by atoms with Gasteiger partial charge in [-0.1, -0.05) is 6.07 Å². The summed E-state index contributed by atoms with van der Waals surface area (Å²) in [5, 5.41) is 7.20. The Morgan fingerprint density at radius 1 is 1.43 bits per heavy atom. The number of benzene rings is 1. The molecule has 1 aromatic heterocycles. The lowest BCUT2D eigenvalue weighted by Crippen LogP contribution is -1.97. The zero-order valence-electron chi connectivity index (χ0n) is 7.28. The molecule has 0 atom stereocenters. The van der Waals surface area contributed by atoms with E-state index in [1.807, 2.05) is 0 Å². The molecular formula is C8H7BrN2O2S. The minimum absolute atomic E-state index is 0.153. The highest BCUT2D eigenvalue weighted by atomic mass is 79.9. The average Bonchev–Trinajstić information content (AvgIpc) is 2.47. The number of hydrogen-bond acceptors (Lipinski definition) is 3.